The lowest BCUT2D eigenvalue weighted by molar-refractivity contribution is -0.116. The number of thiazole rings is 1. The Morgan fingerprint density at radius 3 is 2.28 bits per heavy atom. The fraction of sp³-hybridized carbons (Fsp3) is 0.545. The summed E-state index contributed by atoms with van der Waals surface area (Å²) in [6, 6.07) is 4.65. The highest BCUT2D eigenvalue weighted by Crippen LogP contribution is 2.46. The number of thiophene rings is 1. The van der Waals surface area contributed by atoms with E-state index in [-0.39, 0.29) is 30.5 Å². The van der Waals surface area contributed by atoms with Crippen LogP contribution in [-0.2, 0) is 27.2 Å². The van der Waals surface area contributed by atoms with Crippen LogP contribution in [0, 0.1) is 0 Å². The van der Waals surface area contributed by atoms with Gasteiger partial charge in [-0.1, -0.05) is 13.8 Å². The maximum absolute atomic E-state index is 13.3. The van der Waals surface area contributed by atoms with Crippen LogP contribution in [0.1, 0.15) is 96.5 Å². The highest BCUT2D eigenvalue weighted by Gasteiger charge is 2.32. The summed E-state index contributed by atoms with van der Waals surface area (Å²) in [5, 5.41) is 13.7. The van der Waals surface area contributed by atoms with E-state index in [0.717, 1.165) is 20.7 Å². The third-order valence-electron chi connectivity index (χ3n) is 6.64. The number of benzene rings is 1. The van der Waals surface area contributed by atoms with Crippen LogP contribution in [0.2, 0.25) is 0 Å². The molecule has 3 amide bonds. The molecule has 3 heterocycles. The molecule has 0 atom stereocenters. The molecule has 2 aromatic heterocycles. The molecular weight excluding hydrogens is 629 g/mol. The van der Waals surface area contributed by atoms with Crippen LogP contribution in [0.25, 0.3) is 20.8 Å². The summed E-state index contributed by atoms with van der Waals surface area (Å²) in [4.78, 5) is 59.3. The Balaban J connectivity index is 0.00000282. The van der Waals surface area contributed by atoms with Crippen LogP contribution >= 0.6 is 22.7 Å². The minimum Gasteiger partial charge on any atom is -0.478 e. The van der Waals surface area contributed by atoms with Gasteiger partial charge in [0, 0.05) is 36.0 Å². The summed E-state index contributed by atoms with van der Waals surface area (Å²) >= 11 is 2.80. The Hall–Kier alpha value is -3.71. The number of carbonyl (C=O) groups excluding carboxylic acids is 3. The average molecular weight is 675 g/mol. The first-order chi connectivity index (χ1) is 21.4. The van der Waals surface area contributed by atoms with Crippen molar-refractivity contribution in [1.82, 2.24) is 14.8 Å². The molecule has 3 aromatic rings. The number of hydrogen-bond acceptors (Lipinski definition) is 9. The van der Waals surface area contributed by atoms with Gasteiger partial charge in [-0.2, -0.15) is 0 Å². The molecule has 11 nitrogen and oxygen atoms in total. The maximum Gasteiger partial charge on any atom is 0.410 e. The largest absolute Gasteiger partial charge is 0.478 e. The molecule has 4 rings (SSSR count). The number of amides is 3. The molecule has 0 aliphatic carbocycles. The first-order valence-electron chi connectivity index (χ1n) is 15.5. The predicted molar refractivity (Wildman–Crippen MR) is 183 cm³/mol. The number of anilines is 1. The Kier molecular flexibility index (Phi) is 11.8. The van der Waals surface area contributed by atoms with Gasteiger partial charge in [-0.25, -0.2) is 19.4 Å². The molecule has 0 saturated carbocycles. The molecule has 0 spiro atoms. The number of nitrogens with zero attached hydrogens (tertiary/aromatic N) is 3. The van der Waals surface area contributed by atoms with Gasteiger partial charge in [-0.3, -0.25) is 4.79 Å². The van der Waals surface area contributed by atoms with Gasteiger partial charge in [0.05, 0.1) is 22.3 Å². The van der Waals surface area contributed by atoms with Crippen LogP contribution < -0.4 is 5.32 Å². The van der Waals surface area contributed by atoms with E-state index in [9.17, 15) is 24.3 Å². The summed E-state index contributed by atoms with van der Waals surface area (Å²) in [5.41, 5.74) is 1.16. The zero-order chi connectivity index (χ0) is 34.6. The number of aromatic carboxylic acids is 1. The minimum absolute atomic E-state index is 0.0469. The zero-order valence-corrected chi connectivity index (χ0v) is 30.0. The van der Waals surface area contributed by atoms with Crippen LogP contribution in [0.15, 0.2) is 18.2 Å². The zero-order valence-electron chi connectivity index (χ0n) is 28.4. The van der Waals surface area contributed by atoms with E-state index in [4.69, 9.17) is 14.5 Å². The monoisotopic (exact) mass is 674 g/mol. The smallest absolute Gasteiger partial charge is 0.410 e. The highest BCUT2D eigenvalue weighted by molar-refractivity contribution is 7.23. The number of hydrogen-bond donors (Lipinski definition) is 2. The Morgan fingerprint density at radius 2 is 1.70 bits per heavy atom. The molecular formula is C33H46N4O7S2. The third kappa shape index (κ3) is 9.41. The first kappa shape index (κ1) is 36.8. The second-order valence-electron chi connectivity index (χ2n) is 12.9. The van der Waals surface area contributed by atoms with Crippen molar-refractivity contribution in [2.45, 2.75) is 106 Å². The molecule has 2 N–H and O–H groups in total. The van der Waals surface area contributed by atoms with Crippen molar-refractivity contribution in [3.63, 3.8) is 0 Å². The van der Waals surface area contributed by atoms with Crippen molar-refractivity contribution in [2.75, 3.05) is 18.4 Å². The molecule has 252 valence electrons. The van der Waals surface area contributed by atoms with Gasteiger partial charge in [0.1, 0.15) is 21.2 Å². The molecule has 46 heavy (non-hydrogen) atoms. The fourth-order valence-electron chi connectivity index (χ4n) is 4.66. The number of carboxylic acid groups (broad SMARTS) is 1. The normalized spacial score (nSPS) is 13.1. The predicted octanol–water partition coefficient (Wildman–Crippen LogP) is 8.02. The average Bonchev–Trinajstić information content (AvgIpc) is 3.51. The SMILES string of the molecule is CC.CC(C)N(CCC(=O)Nc1sc2c(c1-c1nc3cc(C(=O)O)ccc3s1)CCN(C(=O)OC(C)(C)C)C2)C(=O)OC(C)(C)C. The summed E-state index contributed by atoms with van der Waals surface area (Å²) in [5.74, 6) is -1.32. The summed E-state index contributed by atoms with van der Waals surface area (Å²) < 4.78 is 11.9. The van der Waals surface area contributed by atoms with Crippen LogP contribution in [0.5, 0.6) is 0 Å². The van der Waals surface area contributed by atoms with E-state index in [2.05, 4.69) is 5.32 Å². The lowest BCUT2D eigenvalue weighted by atomic mass is 10.0. The molecule has 0 fully saturated rings. The minimum atomic E-state index is -1.04. The summed E-state index contributed by atoms with van der Waals surface area (Å²) in [7, 11) is 0. The van der Waals surface area contributed by atoms with E-state index in [1.165, 1.54) is 33.6 Å². The van der Waals surface area contributed by atoms with E-state index < -0.39 is 29.4 Å². The molecule has 1 aromatic carbocycles. The van der Waals surface area contributed by atoms with Crippen molar-refractivity contribution in [1.29, 1.82) is 0 Å². The summed E-state index contributed by atoms with van der Waals surface area (Å²) in [6.07, 6.45) is -0.303. The maximum atomic E-state index is 13.3. The van der Waals surface area contributed by atoms with E-state index in [0.29, 0.717) is 35.0 Å². The lowest BCUT2D eigenvalue weighted by Crippen LogP contribution is -2.42. The number of fused-ring (bicyclic) bond motifs is 2. The van der Waals surface area contributed by atoms with Gasteiger partial charge in [0.25, 0.3) is 0 Å². The van der Waals surface area contributed by atoms with Crippen LogP contribution in [0.4, 0.5) is 14.6 Å². The number of nitrogens with one attached hydrogen (secondary N) is 1. The van der Waals surface area contributed by atoms with E-state index in [1.54, 1.807) is 37.8 Å². The molecule has 0 bridgehead atoms. The molecule has 13 heteroatoms. The number of carboxylic acids is 1. The third-order valence-corrected chi connectivity index (χ3v) is 8.83. The topological polar surface area (TPSA) is 138 Å². The van der Waals surface area contributed by atoms with Crippen molar-refractivity contribution < 1.29 is 33.8 Å². The molecule has 1 aliphatic heterocycles. The summed E-state index contributed by atoms with van der Waals surface area (Å²) in [6.45, 7) is 19.5. The number of ether oxygens (including phenoxy) is 2. The van der Waals surface area contributed by atoms with Gasteiger partial charge in [-0.05, 0) is 85.6 Å². The second kappa shape index (κ2) is 14.8. The van der Waals surface area contributed by atoms with Crippen molar-refractivity contribution in [2.24, 2.45) is 0 Å². The lowest BCUT2D eigenvalue weighted by Gasteiger charge is -2.30. The van der Waals surface area contributed by atoms with E-state index >= 15 is 0 Å². The van der Waals surface area contributed by atoms with Gasteiger partial charge in [-0.15, -0.1) is 22.7 Å². The number of carbonyl (C=O) groups is 4. The number of aromatic nitrogens is 1. The highest BCUT2D eigenvalue weighted by atomic mass is 32.1. The first-order valence-corrected chi connectivity index (χ1v) is 17.1. The molecule has 0 unspecified atom stereocenters. The Bertz CT molecular complexity index is 1580. The van der Waals surface area contributed by atoms with E-state index in [1.807, 2.05) is 48.5 Å². The second-order valence-corrected chi connectivity index (χ2v) is 15.1. The Morgan fingerprint density at radius 1 is 1.04 bits per heavy atom. The van der Waals surface area contributed by atoms with Crippen molar-refractivity contribution >= 4 is 62.0 Å². The van der Waals surface area contributed by atoms with Gasteiger partial charge in [0.15, 0.2) is 0 Å². The molecule has 1 aliphatic rings. The molecule has 0 saturated heterocycles. The standard InChI is InChI=1S/C31H40N4O7S2.C2H6/c1-17(2)35(29(40)42-31(6,7)8)14-12-23(36)33-26-24(25-32-20-15-18(27(37)38)9-10-21(20)43-25)19-11-13-34(16-22(19)44-26)28(39)41-30(3,4)5;1-2/h9-10,15,17H,11-14,16H2,1-8H3,(H,33,36)(H,37,38);1-2H3. The van der Waals surface area contributed by atoms with Gasteiger partial charge >= 0.3 is 18.2 Å². The molecule has 0 radical (unpaired) electrons. The quantitative estimate of drug-likeness (QED) is 0.257. The van der Waals surface area contributed by atoms with Crippen LogP contribution in [-0.4, -0.2) is 74.3 Å². The van der Waals surface area contributed by atoms with Crippen LogP contribution in [0.3, 0.4) is 0 Å². The fourth-order valence-corrected chi connectivity index (χ4v) is 7.03. The van der Waals surface area contributed by atoms with Gasteiger partial charge < -0.3 is 29.7 Å². The number of rotatable bonds is 7. The van der Waals surface area contributed by atoms with Crippen molar-refractivity contribution in [3.05, 3.63) is 34.2 Å². The van der Waals surface area contributed by atoms with Crippen molar-refractivity contribution in [3.8, 4) is 10.6 Å². The Labute approximate surface area is 278 Å². The van der Waals surface area contributed by atoms with Gasteiger partial charge in [0.2, 0.25) is 5.91 Å².